The average Bonchev–Trinajstić information content (AvgIpc) is 2.45. The molecule has 2 atom stereocenters. The Morgan fingerprint density at radius 1 is 0.750 bits per heavy atom. The van der Waals surface area contributed by atoms with Crippen molar-refractivity contribution in [3.63, 3.8) is 0 Å². The van der Waals surface area contributed by atoms with E-state index in [0.29, 0.717) is 0 Å². The van der Waals surface area contributed by atoms with E-state index in [9.17, 15) is 0 Å². The Morgan fingerprint density at radius 2 is 1.35 bits per heavy atom. The molecule has 20 heavy (non-hydrogen) atoms. The first kappa shape index (κ1) is 19.7. The molecule has 0 bridgehead atoms. The molecule has 0 aromatic carbocycles. The number of rotatable bonds is 14. The summed E-state index contributed by atoms with van der Waals surface area (Å²) in [4.78, 5) is 0. The second-order valence-electron chi connectivity index (χ2n) is 6.87. The van der Waals surface area contributed by atoms with E-state index in [1.165, 1.54) is 82.6 Å². The molecule has 0 amide bonds. The predicted molar refractivity (Wildman–Crippen MR) is 94.2 cm³/mol. The zero-order valence-electron chi connectivity index (χ0n) is 14.8. The maximum Gasteiger partial charge on any atom is -0.0320 e. The minimum Gasteiger partial charge on any atom is -0.0999 e. The lowest BCUT2D eigenvalue weighted by atomic mass is 9.89. The molecule has 0 saturated heterocycles. The van der Waals surface area contributed by atoms with Gasteiger partial charge in [0, 0.05) is 0 Å². The SMILES string of the molecule is C=C(CCC(C)CCCC)CCC(CCC)CCCC. The third kappa shape index (κ3) is 11.6. The average molecular weight is 281 g/mol. The zero-order chi connectivity index (χ0) is 15.2. The Labute approximate surface area is 129 Å². The van der Waals surface area contributed by atoms with Gasteiger partial charge in [-0.2, -0.15) is 0 Å². The molecular weight excluding hydrogens is 240 g/mol. The van der Waals surface area contributed by atoms with Gasteiger partial charge in [-0.3, -0.25) is 0 Å². The minimum atomic E-state index is 0.887. The van der Waals surface area contributed by atoms with Gasteiger partial charge in [0.2, 0.25) is 0 Å². The molecule has 2 unspecified atom stereocenters. The van der Waals surface area contributed by atoms with Gasteiger partial charge in [-0.15, -0.1) is 0 Å². The Morgan fingerprint density at radius 3 is 1.95 bits per heavy atom. The standard InChI is InChI=1S/C20H40/c1-6-9-12-18(4)14-15-19(5)16-17-20(11-8-3)13-10-7-2/h18,20H,5-17H2,1-4H3. The number of unbranched alkanes of at least 4 members (excludes halogenated alkanes) is 2. The van der Waals surface area contributed by atoms with Crippen LogP contribution < -0.4 is 0 Å². The van der Waals surface area contributed by atoms with Crippen molar-refractivity contribution in [1.82, 2.24) is 0 Å². The summed E-state index contributed by atoms with van der Waals surface area (Å²) < 4.78 is 0. The van der Waals surface area contributed by atoms with Gasteiger partial charge in [0.1, 0.15) is 0 Å². The molecule has 0 saturated carbocycles. The van der Waals surface area contributed by atoms with Crippen LogP contribution >= 0.6 is 0 Å². The summed E-state index contributed by atoms with van der Waals surface area (Å²) in [5.41, 5.74) is 1.51. The van der Waals surface area contributed by atoms with Crippen LogP contribution in [0.25, 0.3) is 0 Å². The van der Waals surface area contributed by atoms with Gasteiger partial charge in [0.05, 0.1) is 0 Å². The van der Waals surface area contributed by atoms with E-state index in [0.717, 1.165) is 11.8 Å². The van der Waals surface area contributed by atoms with Gasteiger partial charge in [-0.05, 0) is 37.5 Å². The van der Waals surface area contributed by atoms with Crippen molar-refractivity contribution in [1.29, 1.82) is 0 Å². The second kappa shape index (κ2) is 13.7. The number of allylic oxidation sites excluding steroid dienone is 1. The normalized spacial score (nSPS) is 14.2. The highest BCUT2D eigenvalue weighted by molar-refractivity contribution is 4.94. The van der Waals surface area contributed by atoms with Crippen molar-refractivity contribution in [3.05, 3.63) is 12.2 Å². The lowest BCUT2D eigenvalue weighted by Gasteiger charge is -2.17. The third-order valence-corrected chi connectivity index (χ3v) is 4.61. The van der Waals surface area contributed by atoms with Gasteiger partial charge in [0.25, 0.3) is 0 Å². The second-order valence-corrected chi connectivity index (χ2v) is 6.87. The molecule has 0 N–H and O–H groups in total. The Hall–Kier alpha value is -0.260. The van der Waals surface area contributed by atoms with Crippen molar-refractivity contribution in [2.75, 3.05) is 0 Å². The van der Waals surface area contributed by atoms with Gasteiger partial charge < -0.3 is 0 Å². The van der Waals surface area contributed by atoms with Crippen LogP contribution in [0.2, 0.25) is 0 Å². The quantitative estimate of drug-likeness (QED) is 0.288. The molecule has 0 aliphatic heterocycles. The largest absolute Gasteiger partial charge is 0.0999 e. The summed E-state index contributed by atoms with van der Waals surface area (Å²) in [5.74, 6) is 1.84. The molecule has 0 spiro atoms. The first-order valence-electron chi connectivity index (χ1n) is 9.30. The fourth-order valence-electron chi connectivity index (χ4n) is 3.01. The fourth-order valence-corrected chi connectivity index (χ4v) is 3.01. The molecule has 0 aliphatic rings. The topological polar surface area (TPSA) is 0 Å². The monoisotopic (exact) mass is 280 g/mol. The van der Waals surface area contributed by atoms with Crippen LogP contribution in [0, 0.1) is 11.8 Å². The maximum absolute atomic E-state index is 4.32. The first-order valence-corrected chi connectivity index (χ1v) is 9.30. The van der Waals surface area contributed by atoms with E-state index < -0.39 is 0 Å². The molecule has 0 radical (unpaired) electrons. The minimum absolute atomic E-state index is 0.887. The molecular formula is C20H40. The maximum atomic E-state index is 4.32. The van der Waals surface area contributed by atoms with Crippen LogP contribution in [0.5, 0.6) is 0 Å². The molecule has 120 valence electrons. The van der Waals surface area contributed by atoms with E-state index in [1.54, 1.807) is 0 Å². The van der Waals surface area contributed by atoms with Gasteiger partial charge in [-0.25, -0.2) is 0 Å². The Balaban J connectivity index is 3.77. The van der Waals surface area contributed by atoms with E-state index in [4.69, 9.17) is 0 Å². The lowest BCUT2D eigenvalue weighted by Crippen LogP contribution is -2.02. The summed E-state index contributed by atoms with van der Waals surface area (Å²) in [6.45, 7) is 13.6. The highest BCUT2D eigenvalue weighted by Gasteiger charge is 2.09. The molecule has 0 rings (SSSR count). The fraction of sp³-hybridized carbons (Fsp3) is 0.900. The summed E-state index contributed by atoms with van der Waals surface area (Å²) in [7, 11) is 0. The lowest BCUT2D eigenvalue weighted by molar-refractivity contribution is 0.397. The molecule has 0 aromatic heterocycles. The van der Waals surface area contributed by atoms with Crippen molar-refractivity contribution < 1.29 is 0 Å². The van der Waals surface area contributed by atoms with Crippen molar-refractivity contribution in [2.45, 2.75) is 105 Å². The van der Waals surface area contributed by atoms with E-state index >= 15 is 0 Å². The van der Waals surface area contributed by atoms with E-state index in [2.05, 4.69) is 34.3 Å². The highest BCUT2D eigenvalue weighted by atomic mass is 14.1. The smallest absolute Gasteiger partial charge is 0.0320 e. The van der Waals surface area contributed by atoms with Crippen LogP contribution in [-0.4, -0.2) is 0 Å². The van der Waals surface area contributed by atoms with Crippen LogP contribution in [0.1, 0.15) is 105 Å². The number of hydrogen-bond donors (Lipinski definition) is 0. The van der Waals surface area contributed by atoms with Gasteiger partial charge in [0.15, 0.2) is 0 Å². The van der Waals surface area contributed by atoms with E-state index in [1.807, 2.05) is 0 Å². The zero-order valence-corrected chi connectivity index (χ0v) is 14.8. The predicted octanol–water partition coefficient (Wildman–Crippen LogP) is 7.54. The molecule has 0 fully saturated rings. The van der Waals surface area contributed by atoms with Gasteiger partial charge >= 0.3 is 0 Å². The summed E-state index contributed by atoms with van der Waals surface area (Å²) in [5, 5.41) is 0. The highest BCUT2D eigenvalue weighted by Crippen LogP contribution is 2.25. The molecule has 0 heteroatoms. The van der Waals surface area contributed by atoms with Gasteiger partial charge in [-0.1, -0.05) is 91.2 Å². The van der Waals surface area contributed by atoms with Crippen LogP contribution in [0.15, 0.2) is 12.2 Å². The van der Waals surface area contributed by atoms with Crippen LogP contribution in [0.4, 0.5) is 0 Å². The molecule has 0 heterocycles. The summed E-state index contributed by atoms with van der Waals surface area (Å²) >= 11 is 0. The number of hydrogen-bond acceptors (Lipinski definition) is 0. The third-order valence-electron chi connectivity index (χ3n) is 4.61. The van der Waals surface area contributed by atoms with Crippen molar-refractivity contribution in [3.8, 4) is 0 Å². The Bertz CT molecular complexity index is 216. The van der Waals surface area contributed by atoms with Crippen LogP contribution in [0.3, 0.4) is 0 Å². The van der Waals surface area contributed by atoms with Crippen molar-refractivity contribution >= 4 is 0 Å². The molecule has 0 aromatic rings. The Kier molecular flexibility index (Phi) is 13.5. The van der Waals surface area contributed by atoms with Crippen LogP contribution in [-0.2, 0) is 0 Å². The first-order chi connectivity index (χ1) is 9.63. The van der Waals surface area contributed by atoms with Crippen molar-refractivity contribution in [2.24, 2.45) is 11.8 Å². The molecule has 0 aliphatic carbocycles. The molecule has 0 nitrogen and oxygen atoms in total. The van der Waals surface area contributed by atoms with E-state index in [-0.39, 0.29) is 0 Å². The summed E-state index contributed by atoms with van der Waals surface area (Å²) in [6, 6.07) is 0. The summed E-state index contributed by atoms with van der Waals surface area (Å²) in [6.07, 6.45) is 16.3.